The molecule has 1 amide bonds. The molecule has 0 aliphatic heterocycles. The van der Waals surface area contributed by atoms with Gasteiger partial charge < -0.3 is 14.2 Å². The summed E-state index contributed by atoms with van der Waals surface area (Å²) in [6.45, 7) is 4.13. The number of rotatable bonds is 9. The molecule has 116 valence electrons. The Kier molecular flexibility index (Phi) is 5.78. The quantitative estimate of drug-likeness (QED) is 0.647. The van der Waals surface area contributed by atoms with Crippen LogP contribution in [-0.2, 0) is 20.9 Å². The number of carbonyl (C=O) groups excluding carboxylic acids is 2. The van der Waals surface area contributed by atoms with Gasteiger partial charge >= 0.3 is 5.97 Å². The van der Waals surface area contributed by atoms with E-state index in [2.05, 4.69) is 4.98 Å². The highest BCUT2D eigenvalue weighted by Crippen LogP contribution is 2.31. The summed E-state index contributed by atoms with van der Waals surface area (Å²) >= 11 is 0. The maximum absolute atomic E-state index is 12.2. The minimum atomic E-state index is -0.235. The molecule has 0 bridgehead atoms. The Labute approximate surface area is 125 Å². The SMILES string of the molecule is CCOC(=O)CCN(CCCn1ccnc1)C(=O)C1CC1. The summed E-state index contributed by atoms with van der Waals surface area (Å²) in [5.41, 5.74) is 0. The standard InChI is InChI=1S/C15H23N3O3/c1-2-21-14(19)6-10-18(15(20)13-4-5-13)9-3-8-17-11-7-16-12-17/h7,11-13H,2-6,8-10H2,1H3. The maximum atomic E-state index is 12.2. The lowest BCUT2D eigenvalue weighted by molar-refractivity contribution is -0.144. The van der Waals surface area contributed by atoms with Crippen molar-refractivity contribution >= 4 is 11.9 Å². The third-order valence-electron chi connectivity index (χ3n) is 3.53. The average molecular weight is 293 g/mol. The first-order chi connectivity index (χ1) is 10.2. The first kappa shape index (κ1) is 15.5. The van der Waals surface area contributed by atoms with E-state index in [4.69, 9.17) is 4.74 Å². The van der Waals surface area contributed by atoms with Crippen molar-refractivity contribution in [2.45, 2.75) is 39.2 Å². The van der Waals surface area contributed by atoms with Crippen LogP contribution in [0.5, 0.6) is 0 Å². The smallest absolute Gasteiger partial charge is 0.307 e. The van der Waals surface area contributed by atoms with E-state index in [9.17, 15) is 9.59 Å². The van der Waals surface area contributed by atoms with Gasteiger partial charge in [0.2, 0.25) is 5.91 Å². The van der Waals surface area contributed by atoms with Gasteiger partial charge in [-0.3, -0.25) is 9.59 Å². The Morgan fingerprint density at radius 2 is 2.19 bits per heavy atom. The third-order valence-corrected chi connectivity index (χ3v) is 3.53. The van der Waals surface area contributed by atoms with E-state index in [0.29, 0.717) is 19.7 Å². The second-order valence-corrected chi connectivity index (χ2v) is 5.31. The van der Waals surface area contributed by atoms with Crippen molar-refractivity contribution in [1.82, 2.24) is 14.5 Å². The molecule has 1 heterocycles. The van der Waals surface area contributed by atoms with E-state index in [-0.39, 0.29) is 24.2 Å². The van der Waals surface area contributed by atoms with Crippen LogP contribution in [0.2, 0.25) is 0 Å². The van der Waals surface area contributed by atoms with Crippen LogP contribution in [-0.4, -0.2) is 46.0 Å². The van der Waals surface area contributed by atoms with Gasteiger partial charge in [0.25, 0.3) is 0 Å². The molecule has 1 saturated carbocycles. The average Bonchev–Trinajstić information content (AvgIpc) is 3.19. The highest BCUT2D eigenvalue weighted by Gasteiger charge is 2.33. The molecule has 1 aromatic rings. The summed E-state index contributed by atoms with van der Waals surface area (Å²) in [5.74, 6) is 0.131. The van der Waals surface area contributed by atoms with Crippen LogP contribution < -0.4 is 0 Å². The highest BCUT2D eigenvalue weighted by molar-refractivity contribution is 5.81. The fraction of sp³-hybridized carbons (Fsp3) is 0.667. The first-order valence-corrected chi connectivity index (χ1v) is 7.61. The number of hydrogen-bond acceptors (Lipinski definition) is 4. The number of hydrogen-bond donors (Lipinski definition) is 0. The Morgan fingerprint density at radius 1 is 1.38 bits per heavy atom. The van der Waals surface area contributed by atoms with Gasteiger partial charge in [0.1, 0.15) is 0 Å². The fourth-order valence-electron chi connectivity index (χ4n) is 2.24. The van der Waals surface area contributed by atoms with Crippen LogP contribution in [0, 0.1) is 5.92 Å². The molecule has 6 nitrogen and oxygen atoms in total. The van der Waals surface area contributed by atoms with Crippen molar-refractivity contribution in [3.8, 4) is 0 Å². The predicted octanol–water partition coefficient (Wildman–Crippen LogP) is 1.46. The van der Waals surface area contributed by atoms with Gasteiger partial charge in [0.05, 0.1) is 19.4 Å². The molecule has 2 rings (SSSR count). The molecule has 1 aliphatic carbocycles. The molecule has 0 saturated heterocycles. The van der Waals surface area contributed by atoms with E-state index in [1.165, 1.54) is 0 Å². The van der Waals surface area contributed by atoms with Crippen molar-refractivity contribution < 1.29 is 14.3 Å². The lowest BCUT2D eigenvalue weighted by atomic mass is 10.2. The van der Waals surface area contributed by atoms with Gasteiger partial charge in [-0.25, -0.2) is 4.98 Å². The summed E-state index contributed by atoms with van der Waals surface area (Å²) < 4.78 is 6.91. The minimum absolute atomic E-state index is 0.181. The highest BCUT2D eigenvalue weighted by atomic mass is 16.5. The number of ether oxygens (including phenoxy) is 1. The Morgan fingerprint density at radius 3 is 2.81 bits per heavy atom. The van der Waals surface area contributed by atoms with E-state index in [1.807, 2.05) is 15.7 Å². The van der Waals surface area contributed by atoms with E-state index >= 15 is 0 Å². The van der Waals surface area contributed by atoms with Gasteiger partial charge in [-0.1, -0.05) is 0 Å². The zero-order valence-corrected chi connectivity index (χ0v) is 12.5. The summed E-state index contributed by atoms with van der Waals surface area (Å²) in [5, 5.41) is 0. The number of aromatic nitrogens is 2. The van der Waals surface area contributed by atoms with E-state index < -0.39 is 0 Å². The van der Waals surface area contributed by atoms with Crippen LogP contribution in [0.25, 0.3) is 0 Å². The molecule has 6 heteroatoms. The van der Waals surface area contributed by atoms with Gasteiger partial charge in [0.15, 0.2) is 0 Å². The van der Waals surface area contributed by atoms with Crippen molar-refractivity contribution in [3.05, 3.63) is 18.7 Å². The van der Waals surface area contributed by atoms with Crippen LogP contribution in [0.4, 0.5) is 0 Å². The molecule has 0 N–H and O–H groups in total. The number of imidazole rings is 1. The van der Waals surface area contributed by atoms with Crippen molar-refractivity contribution in [2.75, 3.05) is 19.7 Å². The third kappa shape index (κ3) is 5.21. The molecular formula is C15H23N3O3. The molecule has 1 aliphatic rings. The summed E-state index contributed by atoms with van der Waals surface area (Å²) in [4.78, 5) is 29.5. The summed E-state index contributed by atoms with van der Waals surface area (Å²) in [6, 6.07) is 0. The molecule has 0 unspecified atom stereocenters. The molecule has 21 heavy (non-hydrogen) atoms. The summed E-state index contributed by atoms with van der Waals surface area (Å²) in [7, 11) is 0. The van der Waals surface area contributed by atoms with E-state index in [0.717, 1.165) is 25.8 Å². The van der Waals surface area contributed by atoms with Crippen LogP contribution >= 0.6 is 0 Å². The molecule has 0 aromatic carbocycles. The fourth-order valence-corrected chi connectivity index (χ4v) is 2.24. The van der Waals surface area contributed by atoms with Crippen LogP contribution in [0.1, 0.15) is 32.6 Å². The second-order valence-electron chi connectivity index (χ2n) is 5.31. The van der Waals surface area contributed by atoms with Gasteiger partial charge in [0, 0.05) is 37.9 Å². The normalized spacial score (nSPS) is 14.0. The first-order valence-electron chi connectivity index (χ1n) is 7.61. The number of esters is 1. The molecule has 0 radical (unpaired) electrons. The number of amides is 1. The number of carbonyl (C=O) groups is 2. The van der Waals surface area contributed by atoms with Crippen molar-refractivity contribution in [1.29, 1.82) is 0 Å². The maximum Gasteiger partial charge on any atom is 0.307 e. The predicted molar refractivity (Wildman–Crippen MR) is 77.4 cm³/mol. The Bertz CT molecular complexity index is 455. The zero-order chi connectivity index (χ0) is 15.1. The Balaban J connectivity index is 1.77. The molecule has 0 spiro atoms. The van der Waals surface area contributed by atoms with E-state index in [1.54, 1.807) is 19.4 Å². The zero-order valence-electron chi connectivity index (χ0n) is 12.5. The Hall–Kier alpha value is -1.85. The molecule has 0 atom stereocenters. The lowest BCUT2D eigenvalue weighted by Gasteiger charge is -2.22. The number of aryl methyl sites for hydroxylation is 1. The monoisotopic (exact) mass is 293 g/mol. The van der Waals surface area contributed by atoms with Crippen LogP contribution in [0.15, 0.2) is 18.7 Å². The molecule has 1 fully saturated rings. The topological polar surface area (TPSA) is 64.4 Å². The van der Waals surface area contributed by atoms with Crippen molar-refractivity contribution in [3.63, 3.8) is 0 Å². The van der Waals surface area contributed by atoms with Gasteiger partial charge in [-0.15, -0.1) is 0 Å². The van der Waals surface area contributed by atoms with Gasteiger partial charge in [-0.2, -0.15) is 0 Å². The molecule has 1 aromatic heterocycles. The molecular weight excluding hydrogens is 270 g/mol. The second kappa shape index (κ2) is 7.81. The number of nitrogens with zero attached hydrogens (tertiary/aromatic N) is 3. The van der Waals surface area contributed by atoms with Crippen molar-refractivity contribution in [2.24, 2.45) is 5.92 Å². The lowest BCUT2D eigenvalue weighted by Crippen LogP contribution is -2.35. The van der Waals surface area contributed by atoms with Gasteiger partial charge in [-0.05, 0) is 26.2 Å². The summed E-state index contributed by atoms with van der Waals surface area (Å²) in [6.07, 6.45) is 8.52. The largest absolute Gasteiger partial charge is 0.466 e. The van der Waals surface area contributed by atoms with Crippen LogP contribution in [0.3, 0.4) is 0 Å². The minimum Gasteiger partial charge on any atom is -0.466 e.